The Bertz CT molecular complexity index is 986. The normalized spacial score (nSPS) is 22.9. The molecule has 2 heterocycles. The number of aromatic nitrogens is 2. The van der Waals surface area contributed by atoms with E-state index in [0.717, 1.165) is 45.2 Å². The minimum atomic E-state index is -0.169. The molecular weight excluding hydrogens is 430 g/mol. The SMILES string of the molecule is [C-]#[N+]c1ccc(OC2CCC(NC(=O)c3cnc(N4CC[C@@H](CO)C4)nc3)CC2)cc1Cl. The van der Waals surface area contributed by atoms with Crippen LogP contribution < -0.4 is 15.0 Å². The van der Waals surface area contributed by atoms with Crippen LogP contribution in [0, 0.1) is 12.5 Å². The molecule has 1 aromatic carbocycles. The Morgan fingerprint density at radius 2 is 2.00 bits per heavy atom. The third kappa shape index (κ3) is 5.29. The zero-order chi connectivity index (χ0) is 22.5. The van der Waals surface area contributed by atoms with Gasteiger partial charge in [-0.1, -0.05) is 17.7 Å². The summed E-state index contributed by atoms with van der Waals surface area (Å²) in [6.45, 7) is 8.79. The summed E-state index contributed by atoms with van der Waals surface area (Å²) in [7, 11) is 0. The number of nitrogens with one attached hydrogen (secondary N) is 1. The van der Waals surface area contributed by atoms with Crippen molar-refractivity contribution in [3.63, 3.8) is 0 Å². The number of hydrogen-bond donors (Lipinski definition) is 2. The zero-order valence-electron chi connectivity index (χ0n) is 17.7. The molecule has 1 aliphatic carbocycles. The van der Waals surface area contributed by atoms with Crippen molar-refractivity contribution in [3.8, 4) is 5.75 Å². The van der Waals surface area contributed by atoms with Crippen molar-refractivity contribution in [1.29, 1.82) is 0 Å². The van der Waals surface area contributed by atoms with Gasteiger partial charge in [0.25, 0.3) is 5.91 Å². The molecule has 0 bridgehead atoms. The predicted molar refractivity (Wildman–Crippen MR) is 121 cm³/mol. The van der Waals surface area contributed by atoms with Gasteiger partial charge in [0.05, 0.1) is 23.3 Å². The molecule has 4 rings (SSSR count). The summed E-state index contributed by atoms with van der Waals surface area (Å²) in [5, 5.41) is 12.7. The zero-order valence-corrected chi connectivity index (χ0v) is 18.5. The van der Waals surface area contributed by atoms with Crippen molar-refractivity contribution in [2.75, 3.05) is 24.6 Å². The molecular formula is C23H26ClN5O3. The number of carbonyl (C=O) groups is 1. The van der Waals surface area contributed by atoms with Gasteiger partial charge in [0.15, 0.2) is 0 Å². The molecule has 9 heteroatoms. The molecule has 1 saturated carbocycles. The van der Waals surface area contributed by atoms with E-state index in [-0.39, 0.29) is 30.6 Å². The van der Waals surface area contributed by atoms with Crippen LogP contribution in [-0.2, 0) is 0 Å². The Hall–Kier alpha value is -2.89. The number of ether oxygens (including phenoxy) is 1. The number of hydrogen-bond acceptors (Lipinski definition) is 6. The van der Waals surface area contributed by atoms with E-state index in [2.05, 4.69) is 20.1 Å². The molecule has 1 saturated heterocycles. The number of anilines is 1. The van der Waals surface area contributed by atoms with Crippen LogP contribution in [-0.4, -0.2) is 52.8 Å². The van der Waals surface area contributed by atoms with E-state index in [9.17, 15) is 9.90 Å². The van der Waals surface area contributed by atoms with Crippen LogP contribution in [0.5, 0.6) is 5.75 Å². The molecule has 1 atom stereocenters. The Morgan fingerprint density at radius 3 is 2.62 bits per heavy atom. The number of rotatable bonds is 6. The summed E-state index contributed by atoms with van der Waals surface area (Å²) in [5.74, 6) is 1.35. The molecule has 2 aromatic rings. The lowest BCUT2D eigenvalue weighted by atomic mass is 9.92. The highest BCUT2D eigenvalue weighted by molar-refractivity contribution is 6.33. The van der Waals surface area contributed by atoms with Crippen molar-refractivity contribution in [1.82, 2.24) is 15.3 Å². The van der Waals surface area contributed by atoms with E-state index < -0.39 is 0 Å². The number of amides is 1. The molecule has 2 N–H and O–H groups in total. The topological polar surface area (TPSA) is 91.9 Å². The minimum Gasteiger partial charge on any atom is -0.490 e. The number of carbonyl (C=O) groups excluding carboxylic acids is 1. The van der Waals surface area contributed by atoms with Gasteiger partial charge in [0, 0.05) is 44.0 Å². The number of aliphatic hydroxyl groups is 1. The van der Waals surface area contributed by atoms with Gasteiger partial charge >= 0.3 is 0 Å². The molecule has 168 valence electrons. The number of benzene rings is 1. The molecule has 1 amide bonds. The predicted octanol–water partition coefficient (Wildman–Crippen LogP) is 3.62. The average molecular weight is 456 g/mol. The van der Waals surface area contributed by atoms with Crippen LogP contribution in [0.2, 0.25) is 5.02 Å². The van der Waals surface area contributed by atoms with E-state index in [4.69, 9.17) is 22.9 Å². The Balaban J connectivity index is 1.25. The van der Waals surface area contributed by atoms with Crippen molar-refractivity contribution in [2.45, 2.75) is 44.2 Å². The Labute approximate surface area is 192 Å². The van der Waals surface area contributed by atoms with Crippen molar-refractivity contribution >= 4 is 29.1 Å². The van der Waals surface area contributed by atoms with E-state index >= 15 is 0 Å². The maximum absolute atomic E-state index is 12.6. The first-order chi connectivity index (χ1) is 15.6. The van der Waals surface area contributed by atoms with Crippen molar-refractivity contribution < 1.29 is 14.6 Å². The number of aliphatic hydroxyl groups excluding tert-OH is 1. The average Bonchev–Trinajstić information content (AvgIpc) is 3.30. The fourth-order valence-electron chi connectivity index (χ4n) is 4.20. The third-order valence-corrected chi connectivity index (χ3v) is 6.38. The Morgan fingerprint density at radius 1 is 1.25 bits per heavy atom. The van der Waals surface area contributed by atoms with Crippen LogP contribution in [0.25, 0.3) is 4.85 Å². The second-order valence-corrected chi connectivity index (χ2v) is 8.75. The van der Waals surface area contributed by atoms with Crippen LogP contribution in [0.3, 0.4) is 0 Å². The summed E-state index contributed by atoms with van der Waals surface area (Å²) in [6, 6.07) is 5.19. The van der Waals surface area contributed by atoms with Gasteiger partial charge in [-0.25, -0.2) is 14.8 Å². The fraction of sp³-hybridized carbons (Fsp3) is 0.478. The molecule has 0 radical (unpaired) electrons. The number of nitrogens with zero attached hydrogens (tertiary/aromatic N) is 4. The van der Waals surface area contributed by atoms with Gasteiger partial charge in [-0.3, -0.25) is 4.79 Å². The monoisotopic (exact) mass is 455 g/mol. The van der Waals surface area contributed by atoms with E-state index in [1.807, 2.05) is 4.90 Å². The number of halogens is 1. The fourth-order valence-corrected chi connectivity index (χ4v) is 4.42. The minimum absolute atomic E-state index is 0.0591. The quantitative estimate of drug-likeness (QED) is 0.646. The second-order valence-electron chi connectivity index (χ2n) is 8.34. The first-order valence-corrected chi connectivity index (χ1v) is 11.3. The van der Waals surface area contributed by atoms with E-state index in [1.165, 1.54) is 0 Å². The Kier molecular flexibility index (Phi) is 7.08. The largest absolute Gasteiger partial charge is 0.490 e. The van der Waals surface area contributed by atoms with Gasteiger partial charge in [0.2, 0.25) is 11.6 Å². The third-order valence-electron chi connectivity index (χ3n) is 6.08. The van der Waals surface area contributed by atoms with E-state index in [0.29, 0.717) is 28.0 Å². The highest BCUT2D eigenvalue weighted by Gasteiger charge is 2.26. The lowest BCUT2D eigenvalue weighted by Crippen LogP contribution is -2.39. The molecule has 0 spiro atoms. The van der Waals surface area contributed by atoms with Gasteiger partial charge in [0.1, 0.15) is 5.75 Å². The van der Waals surface area contributed by atoms with Crippen LogP contribution in [0.1, 0.15) is 42.5 Å². The summed E-state index contributed by atoms with van der Waals surface area (Å²) in [4.78, 5) is 26.7. The van der Waals surface area contributed by atoms with Gasteiger partial charge in [-0.05, 0) is 44.2 Å². The van der Waals surface area contributed by atoms with Gasteiger partial charge < -0.3 is 20.1 Å². The molecule has 1 aromatic heterocycles. The highest BCUT2D eigenvalue weighted by Crippen LogP contribution is 2.31. The molecule has 32 heavy (non-hydrogen) atoms. The molecule has 0 unspecified atom stereocenters. The van der Waals surface area contributed by atoms with E-state index in [1.54, 1.807) is 30.6 Å². The van der Waals surface area contributed by atoms with Crippen LogP contribution >= 0.6 is 11.6 Å². The first-order valence-electron chi connectivity index (χ1n) is 10.9. The molecule has 8 nitrogen and oxygen atoms in total. The lowest BCUT2D eigenvalue weighted by Gasteiger charge is -2.29. The maximum Gasteiger partial charge on any atom is 0.254 e. The van der Waals surface area contributed by atoms with Gasteiger partial charge in [-0.15, -0.1) is 0 Å². The first kappa shape index (κ1) is 22.3. The highest BCUT2D eigenvalue weighted by atomic mass is 35.5. The van der Waals surface area contributed by atoms with Crippen molar-refractivity contribution in [2.24, 2.45) is 5.92 Å². The summed E-state index contributed by atoms with van der Waals surface area (Å²) in [6.07, 6.45) is 7.40. The standard InChI is InChI=1S/C23H26ClN5O3/c1-25-21-7-6-19(10-20(21)24)32-18-4-2-17(3-5-18)28-22(31)16-11-26-23(27-12-16)29-9-8-15(13-29)14-30/h6-7,10-12,15,17-18,30H,2-5,8-9,13-14H2,(H,28,31)/t15-,17?,18?/m1/s1. The van der Waals surface area contributed by atoms with Gasteiger partial charge in [-0.2, -0.15) is 0 Å². The van der Waals surface area contributed by atoms with Crippen LogP contribution in [0.15, 0.2) is 30.6 Å². The summed E-state index contributed by atoms with van der Waals surface area (Å²) >= 11 is 6.08. The smallest absolute Gasteiger partial charge is 0.254 e. The second kappa shape index (κ2) is 10.2. The summed E-state index contributed by atoms with van der Waals surface area (Å²) < 4.78 is 6.01. The molecule has 2 fully saturated rings. The van der Waals surface area contributed by atoms with Crippen molar-refractivity contribution in [3.05, 3.63) is 52.6 Å². The summed E-state index contributed by atoms with van der Waals surface area (Å²) in [5.41, 5.74) is 0.858. The molecule has 2 aliphatic rings. The lowest BCUT2D eigenvalue weighted by molar-refractivity contribution is 0.0893. The molecule has 1 aliphatic heterocycles. The maximum atomic E-state index is 12.6. The van der Waals surface area contributed by atoms with Crippen LogP contribution in [0.4, 0.5) is 11.6 Å².